The van der Waals surface area contributed by atoms with Crippen LogP contribution in [0.5, 0.6) is 11.5 Å². The van der Waals surface area contributed by atoms with Gasteiger partial charge in [-0.25, -0.2) is 13.1 Å². The van der Waals surface area contributed by atoms with Crippen LogP contribution in [0.1, 0.15) is 49.8 Å². The van der Waals surface area contributed by atoms with Gasteiger partial charge in [-0.15, -0.1) is 0 Å². The minimum absolute atomic E-state index is 0.0467. The number of carbonyl (C=O) groups excluding carboxylic acids is 1. The average Bonchev–Trinajstić information content (AvgIpc) is 2.83. The normalized spacial score (nSPS) is 21.3. The van der Waals surface area contributed by atoms with E-state index in [0.29, 0.717) is 25.5 Å². The van der Waals surface area contributed by atoms with E-state index in [4.69, 9.17) is 9.47 Å². The summed E-state index contributed by atoms with van der Waals surface area (Å²) in [6.07, 6.45) is 3.17. The molecule has 1 aliphatic carbocycles. The summed E-state index contributed by atoms with van der Waals surface area (Å²) in [6, 6.07) is 12.5. The first-order chi connectivity index (χ1) is 15.8. The molecular formula is C25H32N2O5S. The lowest BCUT2D eigenvalue weighted by Gasteiger charge is -2.29. The van der Waals surface area contributed by atoms with Crippen molar-refractivity contribution >= 4 is 15.9 Å². The number of ether oxygens (including phenoxy) is 2. The molecule has 8 heteroatoms. The molecule has 0 saturated heterocycles. The Bertz CT molecular complexity index is 1080. The largest absolute Gasteiger partial charge is 0.486 e. The molecule has 1 aliphatic heterocycles. The van der Waals surface area contributed by atoms with E-state index < -0.39 is 10.0 Å². The SMILES string of the molecule is Cc1ccc(S(=O)(=O)NCC2CCC(C(=O)N[C@H](C)c3ccc4c(c3)OCCO4)CC2)cc1. The first kappa shape index (κ1) is 23.6. The number of aryl methyl sites for hydroxylation is 1. The van der Waals surface area contributed by atoms with Gasteiger partial charge in [0.25, 0.3) is 0 Å². The van der Waals surface area contributed by atoms with Crippen molar-refractivity contribution in [2.45, 2.75) is 50.5 Å². The van der Waals surface area contributed by atoms with Gasteiger partial charge >= 0.3 is 0 Å². The fourth-order valence-electron chi connectivity index (χ4n) is 4.40. The number of amides is 1. The highest BCUT2D eigenvalue weighted by Gasteiger charge is 2.28. The fourth-order valence-corrected chi connectivity index (χ4v) is 5.52. The van der Waals surface area contributed by atoms with E-state index in [1.807, 2.05) is 32.0 Å². The van der Waals surface area contributed by atoms with Crippen LogP contribution >= 0.6 is 0 Å². The smallest absolute Gasteiger partial charge is 0.240 e. The first-order valence-electron chi connectivity index (χ1n) is 11.6. The van der Waals surface area contributed by atoms with Crippen LogP contribution in [0.25, 0.3) is 0 Å². The van der Waals surface area contributed by atoms with Crippen LogP contribution in [0.4, 0.5) is 0 Å². The summed E-state index contributed by atoms with van der Waals surface area (Å²) in [4.78, 5) is 13.1. The minimum atomic E-state index is -3.51. The third-order valence-electron chi connectivity index (χ3n) is 6.54. The third-order valence-corrected chi connectivity index (χ3v) is 7.98. The molecule has 178 valence electrons. The quantitative estimate of drug-likeness (QED) is 0.641. The zero-order chi connectivity index (χ0) is 23.4. The Balaban J connectivity index is 1.24. The molecule has 2 aromatic rings. The van der Waals surface area contributed by atoms with Crippen molar-refractivity contribution in [3.05, 3.63) is 53.6 Å². The molecule has 33 heavy (non-hydrogen) atoms. The van der Waals surface area contributed by atoms with E-state index in [2.05, 4.69) is 10.0 Å². The Morgan fingerprint density at radius 2 is 1.67 bits per heavy atom. The Labute approximate surface area is 195 Å². The second-order valence-corrected chi connectivity index (χ2v) is 10.8. The average molecular weight is 473 g/mol. The van der Waals surface area contributed by atoms with E-state index in [1.165, 1.54) is 0 Å². The molecule has 1 atom stereocenters. The predicted molar refractivity (Wildman–Crippen MR) is 126 cm³/mol. The van der Waals surface area contributed by atoms with Gasteiger partial charge in [-0.3, -0.25) is 4.79 Å². The maximum Gasteiger partial charge on any atom is 0.240 e. The van der Waals surface area contributed by atoms with Crippen LogP contribution in [0.2, 0.25) is 0 Å². The first-order valence-corrected chi connectivity index (χ1v) is 13.1. The van der Waals surface area contributed by atoms with Gasteiger partial charge in [0.2, 0.25) is 15.9 Å². The Morgan fingerprint density at radius 3 is 2.36 bits per heavy atom. The lowest BCUT2D eigenvalue weighted by molar-refractivity contribution is -0.126. The van der Waals surface area contributed by atoms with Crippen LogP contribution in [-0.4, -0.2) is 34.1 Å². The van der Waals surface area contributed by atoms with Gasteiger partial charge in [0.05, 0.1) is 10.9 Å². The van der Waals surface area contributed by atoms with Crippen LogP contribution in [0.3, 0.4) is 0 Å². The van der Waals surface area contributed by atoms with Crippen molar-refractivity contribution < 1.29 is 22.7 Å². The monoisotopic (exact) mass is 472 g/mol. The van der Waals surface area contributed by atoms with Gasteiger partial charge < -0.3 is 14.8 Å². The summed E-state index contributed by atoms with van der Waals surface area (Å²) in [5, 5.41) is 3.12. The molecule has 1 amide bonds. The van der Waals surface area contributed by atoms with Gasteiger partial charge in [-0.1, -0.05) is 23.8 Å². The van der Waals surface area contributed by atoms with Crippen molar-refractivity contribution in [1.29, 1.82) is 0 Å². The topological polar surface area (TPSA) is 93.7 Å². The highest BCUT2D eigenvalue weighted by Crippen LogP contribution is 2.33. The zero-order valence-corrected chi connectivity index (χ0v) is 20.0. The van der Waals surface area contributed by atoms with Gasteiger partial charge in [-0.05, 0) is 75.3 Å². The number of nitrogens with one attached hydrogen (secondary N) is 2. The molecule has 1 fully saturated rings. The second-order valence-electron chi connectivity index (χ2n) is 9.02. The van der Waals surface area contributed by atoms with Crippen molar-refractivity contribution in [2.24, 2.45) is 11.8 Å². The van der Waals surface area contributed by atoms with E-state index in [9.17, 15) is 13.2 Å². The van der Waals surface area contributed by atoms with E-state index in [1.54, 1.807) is 24.3 Å². The highest BCUT2D eigenvalue weighted by molar-refractivity contribution is 7.89. The zero-order valence-electron chi connectivity index (χ0n) is 19.2. The Morgan fingerprint density at radius 1 is 1.00 bits per heavy atom. The molecule has 4 rings (SSSR count). The molecule has 0 bridgehead atoms. The molecule has 0 unspecified atom stereocenters. The molecule has 2 aromatic carbocycles. The number of sulfonamides is 1. The molecule has 0 radical (unpaired) electrons. The van der Waals surface area contributed by atoms with Crippen molar-refractivity contribution in [3.8, 4) is 11.5 Å². The second kappa shape index (κ2) is 10.1. The number of rotatable bonds is 7. The van der Waals surface area contributed by atoms with Crippen LogP contribution < -0.4 is 19.5 Å². The molecule has 2 N–H and O–H groups in total. The third kappa shape index (κ3) is 5.86. The van der Waals surface area contributed by atoms with Gasteiger partial charge in [0.15, 0.2) is 11.5 Å². The maximum atomic E-state index is 12.8. The van der Waals surface area contributed by atoms with Crippen LogP contribution in [-0.2, 0) is 14.8 Å². The molecule has 0 spiro atoms. The summed E-state index contributed by atoms with van der Waals surface area (Å²) in [6.45, 7) is 5.37. The van der Waals surface area contributed by atoms with Crippen molar-refractivity contribution in [2.75, 3.05) is 19.8 Å². The lowest BCUT2D eigenvalue weighted by Crippen LogP contribution is -2.37. The standard InChI is InChI=1S/C25H32N2O5S/c1-17-3-10-22(11-4-17)33(29,30)26-16-19-5-7-20(8-6-19)25(28)27-18(2)21-9-12-23-24(15-21)32-14-13-31-23/h3-4,9-12,15,18-20,26H,5-8,13-14,16H2,1-2H3,(H,27,28)/t18-,19?,20?/m1/s1. The summed E-state index contributed by atoms with van der Waals surface area (Å²) < 4.78 is 39.0. The number of carbonyl (C=O) groups is 1. The summed E-state index contributed by atoms with van der Waals surface area (Å²) >= 11 is 0. The van der Waals surface area contributed by atoms with Crippen molar-refractivity contribution in [1.82, 2.24) is 10.0 Å². The molecular weight excluding hydrogens is 440 g/mol. The van der Waals surface area contributed by atoms with Gasteiger partial charge in [0.1, 0.15) is 13.2 Å². The minimum Gasteiger partial charge on any atom is -0.486 e. The van der Waals surface area contributed by atoms with Gasteiger partial charge in [0, 0.05) is 12.5 Å². The van der Waals surface area contributed by atoms with Crippen molar-refractivity contribution in [3.63, 3.8) is 0 Å². The molecule has 1 saturated carbocycles. The summed E-state index contributed by atoms with van der Waals surface area (Å²) in [5.74, 6) is 1.70. The Kier molecular flexibility index (Phi) is 7.24. The number of fused-ring (bicyclic) bond motifs is 1. The molecule has 1 heterocycles. The van der Waals surface area contributed by atoms with E-state index >= 15 is 0 Å². The number of hydrogen-bond donors (Lipinski definition) is 2. The van der Waals surface area contributed by atoms with E-state index in [-0.39, 0.29) is 28.7 Å². The predicted octanol–water partition coefficient (Wildman–Crippen LogP) is 3.73. The van der Waals surface area contributed by atoms with Crippen LogP contribution in [0.15, 0.2) is 47.4 Å². The molecule has 7 nitrogen and oxygen atoms in total. The molecule has 2 aliphatic rings. The highest BCUT2D eigenvalue weighted by atomic mass is 32.2. The fraction of sp³-hybridized carbons (Fsp3) is 0.480. The number of hydrogen-bond acceptors (Lipinski definition) is 5. The lowest BCUT2D eigenvalue weighted by atomic mass is 9.81. The summed E-state index contributed by atoms with van der Waals surface area (Å²) in [7, 11) is -3.51. The van der Waals surface area contributed by atoms with Gasteiger partial charge in [-0.2, -0.15) is 0 Å². The summed E-state index contributed by atoms with van der Waals surface area (Å²) in [5.41, 5.74) is 2.00. The van der Waals surface area contributed by atoms with Crippen LogP contribution in [0, 0.1) is 18.8 Å². The van der Waals surface area contributed by atoms with E-state index in [0.717, 1.165) is 42.6 Å². The number of benzene rings is 2. The molecule has 0 aromatic heterocycles. The Hall–Kier alpha value is -2.58. The maximum absolute atomic E-state index is 12.8.